The van der Waals surface area contributed by atoms with Gasteiger partial charge >= 0.3 is 0 Å². The molecular formula is C22H19N5O5S. The van der Waals surface area contributed by atoms with Gasteiger partial charge in [-0.05, 0) is 35.9 Å². The summed E-state index contributed by atoms with van der Waals surface area (Å²) < 4.78 is 27.5. The largest absolute Gasteiger partial charge is 0.349 e. The lowest BCUT2D eigenvalue weighted by Gasteiger charge is -2.09. The predicted octanol–water partition coefficient (Wildman–Crippen LogP) is 3.13. The summed E-state index contributed by atoms with van der Waals surface area (Å²) >= 11 is 0. The first-order chi connectivity index (χ1) is 15.8. The molecule has 1 heterocycles. The Kier molecular flexibility index (Phi) is 6.05. The quantitative estimate of drug-likeness (QED) is 0.269. The number of carbonyl (C=O) groups is 1. The number of rotatable bonds is 8. The first kappa shape index (κ1) is 22.0. The van der Waals surface area contributed by atoms with E-state index in [-0.39, 0.29) is 24.6 Å². The van der Waals surface area contributed by atoms with Gasteiger partial charge in [0.1, 0.15) is 5.82 Å². The number of para-hydroxylation sites is 3. The molecule has 4 aromatic rings. The monoisotopic (exact) mass is 465 g/mol. The maximum Gasteiger partial charge on any atom is 0.289 e. The molecule has 4 rings (SSSR count). The number of hydrogen-bond donors (Lipinski definition) is 3. The van der Waals surface area contributed by atoms with Crippen LogP contribution in [-0.4, -0.2) is 29.2 Å². The molecule has 0 radical (unpaired) electrons. The van der Waals surface area contributed by atoms with Crippen LogP contribution in [0.4, 0.5) is 11.4 Å². The number of benzene rings is 3. The van der Waals surface area contributed by atoms with Gasteiger partial charge in [0.2, 0.25) is 5.91 Å². The van der Waals surface area contributed by atoms with Crippen molar-refractivity contribution in [3.05, 3.63) is 94.3 Å². The highest BCUT2D eigenvalue weighted by Crippen LogP contribution is 2.25. The SMILES string of the molecule is O=C(Cc1ccc(NS(=O)(=O)c2ccccc2[N+](=O)[O-])cc1)NCc1nc2ccccc2[nH]1. The summed E-state index contributed by atoms with van der Waals surface area (Å²) in [4.78, 5) is 29.8. The smallest absolute Gasteiger partial charge is 0.289 e. The van der Waals surface area contributed by atoms with E-state index < -0.39 is 25.5 Å². The number of sulfonamides is 1. The average molecular weight is 465 g/mol. The van der Waals surface area contributed by atoms with Crippen LogP contribution in [0, 0.1) is 10.1 Å². The third-order valence-corrected chi connectivity index (χ3v) is 6.24. The molecule has 168 valence electrons. The maximum atomic E-state index is 12.6. The Morgan fingerprint density at radius 1 is 1.00 bits per heavy atom. The van der Waals surface area contributed by atoms with Crippen LogP contribution >= 0.6 is 0 Å². The van der Waals surface area contributed by atoms with Crippen LogP contribution in [0.2, 0.25) is 0 Å². The molecule has 0 aliphatic heterocycles. The van der Waals surface area contributed by atoms with Crippen LogP contribution in [0.15, 0.2) is 77.7 Å². The molecule has 3 aromatic carbocycles. The van der Waals surface area contributed by atoms with E-state index in [0.717, 1.165) is 17.1 Å². The van der Waals surface area contributed by atoms with Gasteiger partial charge in [0.15, 0.2) is 4.90 Å². The van der Waals surface area contributed by atoms with E-state index >= 15 is 0 Å². The van der Waals surface area contributed by atoms with Crippen molar-refractivity contribution in [1.82, 2.24) is 15.3 Å². The van der Waals surface area contributed by atoms with Gasteiger partial charge in [-0.2, -0.15) is 0 Å². The zero-order valence-corrected chi connectivity index (χ0v) is 18.0. The van der Waals surface area contributed by atoms with Gasteiger partial charge in [0.25, 0.3) is 15.7 Å². The lowest BCUT2D eigenvalue weighted by Crippen LogP contribution is -2.25. The molecule has 0 spiro atoms. The van der Waals surface area contributed by atoms with E-state index in [9.17, 15) is 23.3 Å². The number of amides is 1. The minimum absolute atomic E-state index is 0.0947. The van der Waals surface area contributed by atoms with Crippen molar-refractivity contribution >= 4 is 38.3 Å². The fourth-order valence-electron chi connectivity index (χ4n) is 3.26. The lowest BCUT2D eigenvalue weighted by molar-refractivity contribution is -0.387. The van der Waals surface area contributed by atoms with Gasteiger partial charge in [-0.15, -0.1) is 0 Å². The number of hydrogen-bond acceptors (Lipinski definition) is 6. The second-order valence-electron chi connectivity index (χ2n) is 7.18. The molecule has 0 saturated heterocycles. The summed E-state index contributed by atoms with van der Waals surface area (Å²) in [5, 5.41) is 13.9. The number of aromatic nitrogens is 2. The second-order valence-corrected chi connectivity index (χ2v) is 8.83. The molecule has 1 amide bonds. The molecule has 1 aromatic heterocycles. The van der Waals surface area contributed by atoms with Crippen molar-refractivity contribution in [3.8, 4) is 0 Å². The number of anilines is 1. The van der Waals surface area contributed by atoms with Crippen LogP contribution in [0.5, 0.6) is 0 Å². The Morgan fingerprint density at radius 3 is 2.42 bits per heavy atom. The molecule has 0 atom stereocenters. The Balaban J connectivity index is 1.37. The highest BCUT2D eigenvalue weighted by Gasteiger charge is 2.25. The molecule has 0 unspecified atom stereocenters. The summed E-state index contributed by atoms with van der Waals surface area (Å²) in [5.74, 6) is 0.424. The minimum atomic E-state index is -4.16. The van der Waals surface area contributed by atoms with Crippen molar-refractivity contribution in [2.24, 2.45) is 0 Å². The van der Waals surface area contributed by atoms with Crippen LogP contribution in [0.25, 0.3) is 11.0 Å². The zero-order chi connectivity index (χ0) is 23.4. The van der Waals surface area contributed by atoms with Gasteiger partial charge in [0, 0.05) is 11.8 Å². The van der Waals surface area contributed by atoms with Crippen molar-refractivity contribution in [2.45, 2.75) is 17.9 Å². The lowest BCUT2D eigenvalue weighted by atomic mass is 10.1. The first-order valence-electron chi connectivity index (χ1n) is 9.87. The van der Waals surface area contributed by atoms with E-state index in [1.54, 1.807) is 12.1 Å². The molecule has 0 saturated carbocycles. The number of nitro groups is 1. The number of imidazole rings is 1. The third-order valence-electron chi connectivity index (χ3n) is 4.81. The van der Waals surface area contributed by atoms with Crippen LogP contribution in [0.1, 0.15) is 11.4 Å². The molecule has 10 nitrogen and oxygen atoms in total. The van der Waals surface area contributed by atoms with Gasteiger partial charge in [-0.1, -0.05) is 36.4 Å². The topological polar surface area (TPSA) is 147 Å². The maximum absolute atomic E-state index is 12.6. The summed E-state index contributed by atoms with van der Waals surface area (Å²) in [5.41, 5.74) is 2.09. The zero-order valence-electron chi connectivity index (χ0n) is 17.2. The predicted molar refractivity (Wildman–Crippen MR) is 122 cm³/mol. The van der Waals surface area contributed by atoms with Gasteiger partial charge in [-0.3, -0.25) is 19.6 Å². The number of fused-ring (bicyclic) bond motifs is 1. The molecule has 0 bridgehead atoms. The Labute approximate surface area is 188 Å². The minimum Gasteiger partial charge on any atom is -0.349 e. The Bertz CT molecular complexity index is 1400. The van der Waals surface area contributed by atoms with E-state index in [0.29, 0.717) is 11.4 Å². The van der Waals surface area contributed by atoms with Gasteiger partial charge in [-0.25, -0.2) is 13.4 Å². The van der Waals surface area contributed by atoms with Crippen LogP contribution < -0.4 is 10.0 Å². The average Bonchev–Trinajstić information content (AvgIpc) is 3.22. The third kappa shape index (κ3) is 5.15. The number of nitrogens with one attached hydrogen (secondary N) is 3. The number of nitro benzene ring substituents is 1. The Morgan fingerprint density at radius 2 is 1.70 bits per heavy atom. The van der Waals surface area contributed by atoms with E-state index in [4.69, 9.17) is 0 Å². The van der Waals surface area contributed by atoms with Crippen molar-refractivity contribution in [1.29, 1.82) is 0 Å². The van der Waals surface area contributed by atoms with Crippen molar-refractivity contribution in [2.75, 3.05) is 4.72 Å². The summed E-state index contributed by atoms with van der Waals surface area (Å²) in [6, 6.07) is 18.9. The van der Waals surface area contributed by atoms with Crippen LogP contribution in [0.3, 0.4) is 0 Å². The summed E-state index contributed by atoms with van der Waals surface area (Å²) in [6.45, 7) is 0.251. The van der Waals surface area contributed by atoms with Crippen LogP contribution in [-0.2, 0) is 27.8 Å². The highest BCUT2D eigenvalue weighted by molar-refractivity contribution is 7.92. The normalized spacial score (nSPS) is 11.3. The van der Waals surface area contributed by atoms with Gasteiger partial charge < -0.3 is 10.3 Å². The standard InChI is InChI=1S/C22H19N5O5S/c28-22(23-14-21-24-17-5-1-2-6-18(17)25-21)13-15-9-11-16(12-10-15)26-33(31,32)20-8-4-3-7-19(20)27(29)30/h1-12,26H,13-14H2,(H,23,28)(H,24,25). The first-order valence-corrected chi connectivity index (χ1v) is 11.4. The molecule has 0 aliphatic carbocycles. The molecule has 11 heteroatoms. The number of nitrogens with zero attached hydrogens (tertiary/aromatic N) is 2. The fourth-order valence-corrected chi connectivity index (χ4v) is 4.49. The number of H-pyrrole nitrogens is 1. The molecule has 3 N–H and O–H groups in total. The summed E-state index contributed by atoms with van der Waals surface area (Å²) in [7, 11) is -4.16. The van der Waals surface area contributed by atoms with Crippen molar-refractivity contribution in [3.63, 3.8) is 0 Å². The fraction of sp³-hybridized carbons (Fsp3) is 0.0909. The number of aromatic amines is 1. The Hall–Kier alpha value is -4.25. The van der Waals surface area contributed by atoms with E-state index in [1.165, 1.54) is 30.3 Å². The highest BCUT2D eigenvalue weighted by atomic mass is 32.2. The molecular weight excluding hydrogens is 446 g/mol. The molecule has 0 fully saturated rings. The second kappa shape index (κ2) is 9.09. The number of carbonyl (C=O) groups excluding carboxylic acids is 1. The van der Waals surface area contributed by atoms with Gasteiger partial charge in [0.05, 0.1) is 28.9 Å². The molecule has 33 heavy (non-hydrogen) atoms. The molecule has 0 aliphatic rings. The van der Waals surface area contributed by atoms with E-state index in [2.05, 4.69) is 20.0 Å². The summed E-state index contributed by atoms with van der Waals surface area (Å²) in [6.07, 6.45) is 0.0947. The van der Waals surface area contributed by atoms with Crippen molar-refractivity contribution < 1.29 is 18.1 Å². The van der Waals surface area contributed by atoms with E-state index in [1.807, 2.05) is 24.3 Å².